The summed E-state index contributed by atoms with van der Waals surface area (Å²) in [5.74, 6) is -0.208. The summed E-state index contributed by atoms with van der Waals surface area (Å²) in [5, 5.41) is 6.22. The second-order valence-corrected chi connectivity index (χ2v) is 6.63. The Labute approximate surface area is 177 Å². The van der Waals surface area contributed by atoms with E-state index in [2.05, 4.69) is 35.6 Å². The van der Waals surface area contributed by atoms with Crippen molar-refractivity contribution in [2.45, 2.75) is 6.42 Å². The highest BCUT2D eigenvalue weighted by molar-refractivity contribution is 5.73. The lowest BCUT2D eigenvalue weighted by Crippen LogP contribution is -2.10. The second-order valence-electron chi connectivity index (χ2n) is 6.63. The number of pyridine rings is 1. The lowest BCUT2D eigenvalue weighted by atomic mass is 10.1. The van der Waals surface area contributed by atoms with E-state index in [1.807, 2.05) is 18.3 Å². The smallest absolute Gasteiger partial charge is 0.224 e. The van der Waals surface area contributed by atoms with Gasteiger partial charge in [0, 0.05) is 44.4 Å². The maximum absolute atomic E-state index is 14.1. The number of nitrogens with one attached hydrogen (secondary N) is 2. The van der Waals surface area contributed by atoms with Crippen LogP contribution in [0.2, 0.25) is 0 Å². The van der Waals surface area contributed by atoms with Crippen LogP contribution in [-0.2, 0) is 6.42 Å². The van der Waals surface area contributed by atoms with Crippen molar-refractivity contribution in [2.24, 2.45) is 0 Å². The van der Waals surface area contributed by atoms with Gasteiger partial charge in [-0.3, -0.25) is 4.98 Å². The van der Waals surface area contributed by atoms with Crippen molar-refractivity contribution in [3.8, 4) is 22.6 Å². The van der Waals surface area contributed by atoms with Gasteiger partial charge in [-0.2, -0.15) is 4.98 Å². The van der Waals surface area contributed by atoms with Crippen LogP contribution in [0.3, 0.4) is 0 Å². The van der Waals surface area contributed by atoms with Crippen LogP contribution in [0.4, 0.5) is 20.5 Å². The van der Waals surface area contributed by atoms with Gasteiger partial charge in [0.1, 0.15) is 17.5 Å². The van der Waals surface area contributed by atoms with Crippen LogP contribution < -0.4 is 10.6 Å². The molecule has 1 aromatic carbocycles. The van der Waals surface area contributed by atoms with Gasteiger partial charge >= 0.3 is 0 Å². The largest absolute Gasteiger partial charge is 0.372 e. The van der Waals surface area contributed by atoms with E-state index in [0.717, 1.165) is 18.1 Å². The highest BCUT2D eigenvalue weighted by Crippen LogP contribution is 2.27. The summed E-state index contributed by atoms with van der Waals surface area (Å²) in [6, 6.07) is 8.87. The van der Waals surface area contributed by atoms with E-state index in [4.69, 9.17) is 0 Å². The van der Waals surface area contributed by atoms with Gasteiger partial charge in [-0.15, -0.1) is 0 Å². The zero-order valence-corrected chi connectivity index (χ0v) is 16.7. The molecule has 3 aromatic heterocycles. The molecule has 0 saturated carbocycles. The Morgan fingerprint density at radius 2 is 1.84 bits per heavy atom. The standard InChI is InChI=1S/C22H19F2N7/c1-25-20-17(13-29-22(31-20)28-9-6-14-3-2-8-26-12-14)19-7-10-27-21(30-19)16-5-4-15(23)11-18(16)24/h2-5,7-8,10-13H,6,9H2,1H3,(H2,25,28,29,31). The van der Waals surface area contributed by atoms with E-state index in [-0.39, 0.29) is 11.4 Å². The second kappa shape index (κ2) is 9.21. The Morgan fingerprint density at radius 3 is 2.61 bits per heavy atom. The van der Waals surface area contributed by atoms with Gasteiger partial charge in [0.05, 0.1) is 16.8 Å². The predicted octanol–water partition coefficient (Wildman–Crippen LogP) is 3.97. The van der Waals surface area contributed by atoms with Gasteiger partial charge in [0.25, 0.3) is 0 Å². The van der Waals surface area contributed by atoms with Crippen LogP contribution in [0.25, 0.3) is 22.6 Å². The maximum atomic E-state index is 14.1. The molecule has 0 atom stereocenters. The SMILES string of the molecule is CNc1nc(NCCc2cccnc2)ncc1-c1ccnc(-c2ccc(F)cc2F)n1. The number of halogens is 2. The van der Waals surface area contributed by atoms with Crippen LogP contribution in [0.5, 0.6) is 0 Å². The van der Waals surface area contributed by atoms with E-state index in [0.29, 0.717) is 29.6 Å². The molecule has 7 nitrogen and oxygen atoms in total. The van der Waals surface area contributed by atoms with Gasteiger partial charge in [-0.05, 0) is 36.2 Å². The molecule has 4 rings (SSSR count). The fourth-order valence-corrected chi connectivity index (χ4v) is 3.02. The summed E-state index contributed by atoms with van der Waals surface area (Å²) in [7, 11) is 1.74. The minimum atomic E-state index is -0.726. The first kappa shape index (κ1) is 20.3. The Kier molecular flexibility index (Phi) is 6.02. The van der Waals surface area contributed by atoms with Crippen LogP contribution in [0, 0.1) is 11.6 Å². The summed E-state index contributed by atoms with van der Waals surface area (Å²) < 4.78 is 27.4. The minimum absolute atomic E-state index is 0.115. The molecule has 3 heterocycles. The van der Waals surface area contributed by atoms with Crippen molar-refractivity contribution in [3.63, 3.8) is 0 Å². The average Bonchev–Trinajstić information content (AvgIpc) is 2.80. The van der Waals surface area contributed by atoms with E-state index in [1.165, 1.54) is 18.3 Å². The molecule has 0 aliphatic carbocycles. The van der Waals surface area contributed by atoms with E-state index in [1.54, 1.807) is 25.5 Å². The molecule has 0 unspecified atom stereocenters. The molecule has 0 amide bonds. The third-order valence-electron chi connectivity index (χ3n) is 4.55. The summed E-state index contributed by atoms with van der Waals surface area (Å²) in [5.41, 5.74) is 2.37. The third-order valence-corrected chi connectivity index (χ3v) is 4.55. The van der Waals surface area contributed by atoms with Crippen molar-refractivity contribution in [1.29, 1.82) is 0 Å². The van der Waals surface area contributed by atoms with Crippen molar-refractivity contribution in [3.05, 3.63) is 78.4 Å². The van der Waals surface area contributed by atoms with Crippen LogP contribution in [-0.4, -0.2) is 38.5 Å². The molecule has 156 valence electrons. The lowest BCUT2D eigenvalue weighted by Gasteiger charge is -2.11. The number of hydrogen-bond donors (Lipinski definition) is 2. The molecule has 0 aliphatic heterocycles. The fraction of sp³-hybridized carbons (Fsp3) is 0.136. The number of hydrogen-bond acceptors (Lipinski definition) is 7. The van der Waals surface area contributed by atoms with E-state index in [9.17, 15) is 8.78 Å². The van der Waals surface area contributed by atoms with Gasteiger partial charge < -0.3 is 10.6 Å². The molecule has 0 fully saturated rings. The summed E-state index contributed by atoms with van der Waals surface area (Å²) in [6.45, 7) is 0.649. The van der Waals surface area contributed by atoms with Gasteiger partial charge in [-0.25, -0.2) is 23.7 Å². The Morgan fingerprint density at radius 1 is 0.935 bits per heavy atom. The van der Waals surface area contributed by atoms with Gasteiger partial charge in [-0.1, -0.05) is 6.07 Å². The molecule has 0 spiro atoms. The number of aromatic nitrogens is 5. The number of anilines is 2. The highest BCUT2D eigenvalue weighted by Gasteiger charge is 2.14. The first-order valence-electron chi connectivity index (χ1n) is 9.60. The molecule has 0 radical (unpaired) electrons. The topological polar surface area (TPSA) is 88.5 Å². The van der Waals surface area contributed by atoms with Crippen molar-refractivity contribution >= 4 is 11.8 Å². The Hall–Kier alpha value is -4.01. The Bertz CT molecular complexity index is 1190. The maximum Gasteiger partial charge on any atom is 0.224 e. The highest BCUT2D eigenvalue weighted by atomic mass is 19.1. The number of rotatable bonds is 7. The molecule has 0 saturated heterocycles. The molecule has 0 bridgehead atoms. The van der Waals surface area contributed by atoms with Crippen molar-refractivity contribution < 1.29 is 8.78 Å². The number of benzene rings is 1. The summed E-state index contributed by atoms with van der Waals surface area (Å²) in [4.78, 5) is 21.5. The monoisotopic (exact) mass is 419 g/mol. The minimum Gasteiger partial charge on any atom is -0.372 e. The first-order chi connectivity index (χ1) is 15.1. The van der Waals surface area contributed by atoms with Crippen LogP contribution in [0.1, 0.15) is 5.56 Å². The third kappa shape index (κ3) is 4.77. The van der Waals surface area contributed by atoms with E-state index < -0.39 is 11.6 Å². The fourth-order valence-electron chi connectivity index (χ4n) is 3.02. The van der Waals surface area contributed by atoms with E-state index >= 15 is 0 Å². The summed E-state index contributed by atoms with van der Waals surface area (Å²) in [6.07, 6.45) is 7.49. The van der Waals surface area contributed by atoms with Crippen LogP contribution >= 0.6 is 0 Å². The molecule has 2 N–H and O–H groups in total. The quantitative estimate of drug-likeness (QED) is 0.469. The van der Waals surface area contributed by atoms with Crippen LogP contribution in [0.15, 0.2) is 61.2 Å². The Balaban J connectivity index is 1.55. The van der Waals surface area contributed by atoms with Crippen molar-refractivity contribution in [1.82, 2.24) is 24.9 Å². The normalized spacial score (nSPS) is 10.7. The molecular formula is C22H19F2N7. The zero-order valence-electron chi connectivity index (χ0n) is 16.7. The van der Waals surface area contributed by atoms with Gasteiger partial charge in [0.15, 0.2) is 5.82 Å². The molecule has 0 aliphatic rings. The van der Waals surface area contributed by atoms with Crippen molar-refractivity contribution in [2.75, 3.05) is 24.2 Å². The number of nitrogens with zero attached hydrogens (tertiary/aromatic N) is 5. The van der Waals surface area contributed by atoms with Gasteiger partial charge in [0.2, 0.25) is 5.95 Å². The predicted molar refractivity (Wildman–Crippen MR) is 114 cm³/mol. The summed E-state index contributed by atoms with van der Waals surface area (Å²) >= 11 is 0. The molecule has 4 aromatic rings. The zero-order chi connectivity index (χ0) is 21.6. The molecule has 9 heteroatoms. The molecule has 31 heavy (non-hydrogen) atoms. The average molecular weight is 419 g/mol. The first-order valence-corrected chi connectivity index (χ1v) is 9.60. The lowest BCUT2D eigenvalue weighted by molar-refractivity contribution is 0.585. The molecular weight excluding hydrogens is 400 g/mol.